The first-order chi connectivity index (χ1) is 13.5. The summed E-state index contributed by atoms with van der Waals surface area (Å²) >= 11 is 5.57. The van der Waals surface area contributed by atoms with Gasteiger partial charge in [-0.1, -0.05) is 42.0 Å². The molecule has 28 heavy (non-hydrogen) atoms. The minimum atomic E-state index is -0.141. The molecule has 6 heteroatoms. The van der Waals surface area contributed by atoms with E-state index in [0.717, 1.165) is 22.0 Å². The zero-order chi connectivity index (χ0) is 20.1. The summed E-state index contributed by atoms with van der Waals surface area (Å²) in [6, 6.07) is 17.9. The molecule has 146 valence electrons. The lowest BCUT2D eigenvalue weighted by atomic mass is 10.1. The van der Waals surface area contributed by atoms with E-state index in [2.05, 4.69) is 10.3 Å². The first-order valence-corrected chi connectivity index (χ1v) is 9.72. The number of rotatable bonds is 6. The van der Waals surface area contributed by atoms with E-state index in [1.165, 1.54) is 0 Å². The number of nitrogens with one attached hydrogen (secondary N) is 2. The minimum Gasteiger partial charge on any atom is -0.395 e. The topological polar surface area (TPSA) is 68.4 Å². The Hall–Kier alpha value is -2.70. The number of aromatic amines is 1. The molecule has 0 aliphatic rings. The molecule has 0 bridgehead atoms. The predicted molar refractivity (Wildman–Crippen MR) is 117 cm³/mol. The van der Waals surface area contributed by atoms with Crippen LogP contribution in [0, 0.1) is 6.92 Å². The third kappa shape index (κ3) is 4.77. The summed E-state index contributed by atoms with van der Waals surface area (Å²) in [6.07, 6.45) is 0. The number of benzene rings is 2. The van der Waals surface area contributed by atoms with E-state index in [1.807, 2.05) is 73.3 Å². The van der Waals surface area contributed by atoms with Gasteiger partial charge < -0.3 is 20.3 Å². The first kappa shape index (κ1) is 20.0. The number of H-pyrrole nitrogens is 1. The number of aliphatic hydroxyl groups is 1. The molecule has 0 spiro atoms. The van der Waals surface area contributed by atoms with Crippen LogP contribution in [0.4, 0.5) is 0 Å². The average molecular weight is 396 g/mol. The Balaban J connectivity index is 1.80. The second kappa shape index (κ2) is 8.99. The van der Waals surface area contributed by atoms with Gasteiger partial charge in [0.1, 0.15) is 0 Å². The maximum Gasteiger partial charge on any atom is 0.253 e. The predicted octanol–water partition coefficient (Wildman–Crippen LogP) is 3.27. The SMILES string of the molecule is Cc1ccc2[nH]c(=O)c(CN(CCO)C(=S)N[C@H](C)c3ccccc3)cc2c1. The van der Waals surface area contributed by atoms with E-state index in [0.29, 0.717) is 23.8 Å². The molecule has 0 saturated heterocycles. The molecule has 3 rings (SSSR count). The molecule has 2 aromatic carbocycles. The van der Waals surface area contributed by atoms with Crippen LogP contribution in [0.5, 0.6) is 0 Å². The van der Waals surface area contributed by atoms with Gasteiger partial charge in [-0.05, 0) is 55.2 Å². The lowest BCUT2D eigenvalue weighted by Gasteiger charge is -2.27. The Bertz CT molecular complexity index is 1020. The normalized spacial score (nSPS) is 12.0. The van der Waals surface area contributed by atoms with E-state index in [-0.39, 0.29) is 18.2 Å². The summed E-state index contributed by atoms with van der Waals surface area (Å²) in [5.41, 5.74) is 3.53. The molecule has 0 unspecified atom stereocenters. The fraction of sp³-hybridized carbons (Fsp3) is 0.273. The fourth-order valence-corrected chi connectivity index (χ4v) is 3.50. The van der Waals surface area contributed by atoms with Gasteiger partial charge in [-0.3, -0.25) is 4.79 Å². The van der Waals surface area contributed by atoms with Crippen LogP contribution >= 0.6 is 12.2 Å². The number of aliphatic hydroxyl groups excluding tert-OH is 1. The summed E-state index contributed by atoms with van der Waals surface area (Å²) in [6.45, 7) is 4.68. The van der Waals surface area contributed by atoms with Crippen LogP contribution in [0.3, 0.4) is 0 Å². The zero-order valence-electron chi connectivity index (χ0n) is 16.1. The molecule has 0 fully saturated rings. The Labute approximate surface area is 170 Å². The highest BCUT2D eigenvalue weighted by atomic mass is 32.1. The van der Waals surface area contributed by atoms with E-state index < -0.39 is 0 Å². The van der Waals surface area contributed by atoms with Gasteiger partial charge in [0.05, 0.1) is 19.2 Å². The number of hydrogen-bond donors (Lipinski definition) is 3. The summed E-state index contributed by atoms with van der Waals surface area (Å²) in [7, 11) is 0. The van der Waals surface area contributed by atoms with Crippen molar-refractivity contribution >= 4 is 28.2 Å². The van der Waals surface area contributed by atoms with Crippen molar-refractivity contribution in [2.75, 3.05) is 13.2 Å². The van der Waals surface area contributed by atoms with E-state index in [4.69, 9.17) is 12.2 Å². The number of pyridine rings is 1. The van der Waals surface area contributed by atoms with Crippen molar-refractivity contribution in [3.05, 3.63) is 81.6 Å². The van der Waals surface area contributed by atoms with Crippen molar-refractivity contribution < 1.29 is 5.11 Å². The van der Waals surface area contributed by atoms with Crippen molar-refractivity contribution in [3.8, 4) is 0 Å². The van der Waals surface area contributed by atoms with Gasteiger partial charge >= 0.3 is 0 Å². The first-order valence-electron chi connectivity index (χ1n) is 9.31. The lowest BCUT2D eigenvalue weighted by molar-refractivity contribution is 0.244. The molecule has 1 atom stereocenters. The largest absolute Gasteiger partial charge is 0.395 e. The number of thiocarbonyl (C=S) groups is 1. The number of fused-ring (bicyclic) bond motifs is 1. The van der Waals surface area contributed by atoms with Gasteiger partial charge in [0.25, 0.3) is 5.56 Å². The number of hydrogen-bond acceptors (Lipinski definition) is 3. The molecule has 0 radical (unpaired) electrons. The van der Waals surface area contributed by atoms with Crippen LogP contribution in [0.25, 0.3) is 10.9 Å². The van der Waals surface area contributed by atoms with Crippen LogP contribution < -0.4 is 10.9 Å². The van der Waals surface area contributed by atoms with Crippen molar-refractivity contribution in [1.29, 1.82) is 0 Å². The van der Waals surface area contributed by atoms with Crippen LogP contribution in [-0.4, -0.2) is 33.3 Å². The number of nitrogens with zero attached hydrogens (tertiary/aromatic N) is 1. The maximum atomic E-state index is 12.5. The summed E-state index contributed by atoms with van der Waals surface area (Å²) in [5.74, 6) is 0. The van der Waals surface area contributed by atoms with E-state index >= 15 is 0 Å². The Morgan fingerprint density at radius 2 is 1.96 bits per heavy atom. The van der Waals surface area contributed by atoms with Crippen molar-refractivity contribution in [1.82, 2.24) is 15.2 Å². The number of aryl methyl sites for hydroxylation is 1. The highest BCUT2D eigenvalue weighted by molar-refractivity contribution is 7.80. The average Bonchev–Trinajstić information content (AvgIpc) is 2.69. The monoisotopic (exact) mass is 395 g/mol. The molecule has 0 aliphatic heterocycles. The van der Waals surface area contributed by atoms with Gasteiger partial charge in [0.15, 0.2) is 5.11 Å². The second-order valence-corrected chi connectivity index (χ2v) is 7.33. The molecule has 5 nitrogen and oxygen atoms in total. The van der Waals surface area contributed by atoms with Gasteiger partial charge in [-0.15, -0.1) is 0 Å². The van der Waals surface area contributed by atoms with Crippen molar-refractivity contribution in [3.63, 3.8) is 0 Å². The van der Waals surface area contributed by atoms with E-state index in [9.17, 15) is 9.90 Å². The fourth-order valence-electron chi connectivity index (χ4n) is 3.17. The lowest BCUT2D eigenvalue weighted by Crippen LogP contribution is -2.42. The van der Waals surface area contributed by atoms with Gasteiger partial charge in [0, 0.05) is 17.6 Å². The van der Waals surface area contributed by atoms with Crippen molar-refractivity contribution in [2.24, 2.45) is 0 Å². The second-order valence-electron chi connectivity index (χ2n) is 6.94. The smallest absolute Gasteiger partial charge is 0.253 e. The molecule has 3 aromatic rings. The number of aromatic nitrogens is 1. The third-order valence-corrected chi connectivity index (χ3v) is 5.11. The van der Waals surface area contributed by atoms with Gasteiger partial charge in [-0.2, -0.15) is 0 Å². The highest BCUT2D eigenvalue weighted by Gasteiger charge is 2.15. The van der Waals surface area contributed by atoms with Gasteiger partial charge in [0.2, 0.25) is 0 Å². The maximum absolute atomic E-state index is 12.5. The summed E-state index contributed by atoms with van der Waals surface area (Å²) in [5, 5.41) is 14.3. The van der Waals surface area contributed by atoms with Crippen molar-refractivity contribution in [2.45, 2.75) is 26.4 Å². The molecular formula is C22H25N3O2S. The molecule has 1 heterocycles. The molecule has 0 amide bonds. The molecule has 0 aliphatic carbocycles. The Morgan fingerprint density at radius 3 is 2.68 bits per heavy atom. The third-order valence-electron chi connectivity index (χ3n) is 4.73. The van der Waals surface area contributed by atoms with Gasteiger partial charge in [-0.25, -0.2) is 0 Å². The molecule has 1 aromatic heterocycles. The molecular weight excluding hydrogens is 370 g/mol. The zero-order valence-corrected chi connectivity index (χ0v) is 16.9. The molecule has 3 N–H and O–H groups in total. The highest BCUT2D eigenvalue weighted by Crippen LogP contribution is 2.15. The molecule has 0 saturated carbocycles. The summed E-state index contributed by atoms with van der Waals surface area (Å²) in [4.78, 5) is 17.3. The van der Waals surface area contributed by atoms with Crippen LogP contribution in [0.2, 0.25) is 0 Å². The van der Waals surface area contributed by atoms with Crippen LogP contribution in [0.1, 0.15) is 29.7 Å². The van der Waals surface area contributed by atoms with E-state index in [1.54, 1.807) is 0 Å². The Kier molecular flexibility index (Phi) is 6.44. The quantitative estimate of drug-likeness (QED) is 0.559. The summed E-state index contributed by atoms with van der Waals surface area (Å²) < 4.78 is 0. The Morgan fingerprint density at radius 1 is 1.21 bits per heavy atom. The standard InChI is InChI=1S/C22H25N3O2S/c1-15-8-9-20-18(12-15)13-19(21(27)24-20)14-25(10-11-26)22(28)23-16(2)17-6-4-3-5-7-17/h3-9,12-13,16,26H,10-11,14H2,1-2H3,(H,23,28)(H,24,27)/t16-/m1/s1. The van der Waals surface area contributed by atoms with Crippen LogP contribution in [-0.2, 0) is 6.54 Å². The minimum absolute atomic E-state index is 0.0208. The van der Waals surface area contributed by atoms with Crippen LogP contribution in [0.15, 0.2) is 59.4 Å².